The zero-order chi connectivity index (χ0) is 27.8. The number of amides is 1. The molecule has 7 nitrogen and oxygen atoms in total. The predicted molar refractivity (Wildman–Crippen MR) is 138 cm³/mol. The highest BCUT2D eigenvalue weighted by Gasteiger charge is 2.41. The molecule has 1 aromatic heterocycles. The van der Waals surface area contributed by atoms with Gasteiger partial charge in [0.15, 0.2) is 0 Å². The van der Waals surface area contributed by atoms with Gasteiger partial charge in [-0.2, -0.15) is 13.2 Å². The number of hydrogen-bond acceptors (Lipinski definition) is 6. The van der Waals surface area contributed by atoms with Gasteiger partial charge in [-0.3, -0.25) is 4.79 Å². The Kier molecular flexibility index (Phi) is 7.19. The quantitative estimate of drug-likeness (QED) is 0.432. The summed E-state index contributed by atoms with van der Waals surface area (Å²) in [5.74, 6) is 3.74. The SMILES string of the molecule is C#C[C@@H](Nc1nc(C)nc(CC(=O)NC23CCC(CC2)CC3)c1C1OC=CO1)c1cccc(C(F)(F)F)c1C. The molecule has 1 amide bonds. The number of halogens is 3. The summed E-state index contributed by atoms with van der Waals surface area (Å²) in [6, 6.07) is 2.94. The Labute approximate surface area is 225 Å². The van der Waals surface area contributed by atoms with Gasteiger partial charge >= 0.3 is 6.18 Å². The predicted octanol–water partition coefficient (Wildman–Crippen LogP) is 5.80. The molecule has 1 atom stereocenters. The Morgan fingerprint density at radius 2 is 1.82 bits per heavy atom. The highest BCUT2D eigenvalue weighted by molar-refractivity contribution is 5.80. The Balaban J connectivity index is 1.46. The van der Waals surface area contributed by atoms with Gasteiger partial charge < -0.3 is 20.1 Å². The normalized spacial score (nSPS) is 23.0. The minimum absolute atomic E-state index is 0.0175. The second-order valence-electron chi connectivity index (χ2n) is 10.6. The molecule has 206 valence electrons. The van der Waals surface area contributed by atoms with Crippen LogP contribution in [-0.4, -0.2) is 21.4 Å². The Bertz CT molecular complexity index is 1300. The van der Waals surface area contributed by atoms with E-state index >= 15 is 0 Å². The molecule has 0 radical (unpaired) electrons. The fraction of sp³-hybridized carbons (Fsp3) is 0.483. The summed E-state index contributed by atoms with van der Waals surface area (Å²) in [5, 5.41) is 6.37. The number of aryl methyl sites for hydroxylation is 1. The molecule has 0 saturated heterocycles. The van der Waals surface area contributed by atoms with Crippen molar-refractivity contribution in [2.45, 2.75) is 82.8 Å². The van der Waals surface area contributed by atoms with Crippen molar-refractivity contribution < 1.29 is 27.4 Å². The van der Waals surface area contributed by atoms with E-state index in [4.69, 9.17) is 15.9 Å². The van der Waals surface area contributed by atoms with Crippen molar-refractivity contribution in [2.75, 3.05) is 5.32 Å². The molecular formula is C29H31F3N4O3. The van der Waals surface area contributed by atoms with E-state index in [1.54, 1.807) is 13.0 Å². The number of carbonyl (C=O) groups excluding carboxylic acids is 1. The molecule has 4 aliphatic rings. The molecule has 6 rings (SSSR count). The molecule has 3 saturated carbocycles. The molecule has 2 aromatic rings. The molecule has 2 N–H and O–H groups in total. The summed E-state index contributed by atoms with van der Waals surface area (Å²) in [7, 11) is 0. The van der Waals surface area contributed by atoms with Crippen LogP contribution in [-0.2, 0) is 26.9 Å². The van der Waals surface area contributed by atoms with Crippen molar-refractivity contribution in [1.82, 2.24) is 15.3 Å². The first-order chi connectivity index (χ1) is 18.6. The number of hydrogen-bond donors (Lipinski definition) is 2. The second kappa shape index (κ2) is 10.4. The number of nitrogens with zero attached hydrogens (tertiary/aromatic N) is 2. The van der Waals surface area contributed by atoms with Crippen LogP contribution in [0, 0.1) is 32.1 Å². The van der Waals surface area contributed by atoms with E-state index < -0.39 is 24.1 Å². The van der Waals surface area contributed by atoms with Crippen LogP contribution in [0.3, 0.4) is 0 Å². The molecule has 0 spiro atoms. The molecule has 3 aliphatic carbocycles. The number of fused-ring (bicyclic) bond motifs is 3. The van der Waals surface area contributed by atoms with Gasteiger partial charge in [0.2, 0.25) is 5.91 Å². The zero-order valence-electron chi connectivity index (χ0n) is 21.9. The lowest BCUT2D eigenvalue weighted by atomic mass is 9.66. The van der Waals surface area contributed by atoms with E-state index in [0.717, 1.165) is 50.5 Å². The maximum Gasteiger partial charge on any atom is 0.416 e. The Hall–Kier alpha value is -3.74. The lowest BCUT2D eigenvalue weighted by Gasteiger charge is -2.47. The van der Waals surface area contributed by atoms with Crippen LogP contribution in [0.2, 0.25) is 0 Å². The maximum absolute atomic E-state index is 13.6. The van der Waals surface area contributed by atoms with Crippen LogP contribution in [0.1, 0.15) is 84.6 Å². The first kappa shape index (κ1) is 26.9. The van der Waals surface area contributed by atoms with E-state index in [1.165, 1.54) is 25.5 Å². The van der Waals surface area contributed by atoms with Gasteiger partial charge in [0.1, 0.15) is 30.2 Å². The number of anilines is 1. The van der Waals surface area contributed by atoms with Gasteiger partial charge in [0, 0.05) is 5.54 Å². The topological polar surface area (TPSA) is 85.4 Å². The van der Waals surface area contributed by atoms with Gasteiger partial charge in [-0.1, -0.05) is 18.1 Å². The number of ether oxygens (including phenoxy) is 2. The summed E-state index contributed by atoms with van der Waals surface area (Å²) >= 11 is 0. The van der Waals surface area contributed by atoms with Crippen molar-refractivity contribution >= 4 is 11.7 Å². The van der Waals surface area contributed by atoms with Gasteiger partial charge in [0.05, 0.1) is 23.2 Å². The van der Waals surface area contributed by atoms with Crippen LogP contribution in [0.25, 0.3) is 0 Å². The number of aromatic nitrogens is 2. The third kappa shape index (κ3) is 5.54. The van der Waals surface area contributed by atoms with Gasteiger partial charge in [-0.05, 0) is 75.5 Å². The monoisotopic (exact) mass is 540 g/mol. The minimum atomic E-state index is -4.52. The lowest BCUT2D eigenvalue weighted by Crippen LogP contribution is -2.54. The van der Waals surface area contributed by atoms with Gasteiger partial charge in [-0.25, -0.2) is 9.97 Å². The van der Waals surface area contributed by atoms with Crippen LogP contribution in [0.4, 0.5) is 19.0 Å². The van der Waals surface area contributed by atoms with E-state index in [-0.39, 0.29) is 34.8 Å². The van der Waals surface area contributed by atoms with E-state index in [0.29, 0.717) is 17.1 Å². The van der Waals surface area contributed by atoms with E-state index in [2.05, 4.69) is 26.5 Å². The largest absolute Gasteiger partial charge is 0.455 e. The van der Waals surface area contributed by atoms with Gasteiger partial charge in [0.25, 0.3) is 6.29 Å². The summed E-state index contributed by atoms with van der Waals surface area (Å²) < 4.78 is 51.9. The average Bonchev–Trinajstić information content (AvgIpc) is 3.42. The number of benzene rings is 1. The molecule has 0 unspecified atom stereocenters. The standard InChI is InChI=1S/C29H31F3N4O3/c1-4-22(20-6-5-7-21(17(20)2)29(30,31)32)35-26-25(27-38-14-15-39-27)23(33-18(3)34-26)16-24(37)36-28-11-8-19(9-12-28)10-13-28/h1,5-7,14-15,19,22,27H,8-13,16H2,2-3H3,(H,36,37)(H,33,34,35)/t19?,22-,28?/m1/s1. The molecular weight excluding hydrogens is 509 g/mol. The van der Waals surface area contributed by atoms with Crippen molar-refractivity contribution in [3.8, 4) is 12.3 Å². The van der Waals surface area contributed by atoms with Crippen LogP contribution >= 0.6 is 0 Å². The third-order valence-corrected chi connectivity index (χ3v) is 8.10. The smallest absolute Gasteiger partial charge is 0.416 e. The van der Waals surface area contributed by atoms with E-state index in [1.807, 2.05) is 0 Å². The first-order valence-electron chi connectivity index (χ1n) is 13.1. The Morgan fingerprint density at radius 1 is 1.15 bits per heavy atom. The van der Waals surface area contributed by atoms with Crippen LogP contribution in [0.15, 0.2) is 30.7 Å². The highest BCUT2D eigenvalue weighted by Crippen LogP contribution is 2.44. The maximum atomic E-state index is 13.6. The summed E-state index contributed by atoms with van der Waals surface area (Å²) in [4.78, 5) is 22.3. The van der Waals surface area contributed by atoms with Gasteiger partial charge in [-0.15, -0.1) is 6.42 Å². The number of nitrogens with one attached hydrogen (secondary N) is 2. The zero-order valence-corrected chi connectivity index (χ0v) is 21.9. The lowest BCUT2D eigenvalue weighted by molar-refractivity contribution is -0.138. The number of rotatable bonds is 7. The van der Waals surface area contributed by atoms with Crippen molar-refractivity contribution in [2.24, 2.45) is 5.92 Å². The highest BCUT2D eigenvalue weighted by atomic mass is 19.4. The number of alkyl halides is 3. The Morgan fingerprint density at radius 3 is 2.44 bits per heavy atom. The van der Waals surface area contributed by atoms with Crippen LogP contribution in [0.5, 0.6) is 0 Å². The summed E-state index contributed by atoms with van der Waals surface area (Å²) in [6.45, 7) is 3.06. The fourth-order valence-electron chi connectivity index (χ4n) is 6.05. The van der Waals surface area contributed by atoms with Crippen molar-refractivity contribution in [3.05, 3.63) is 64.5 Å². The molecule has 39 heavy (non-hydrogen) atoms. The van der Waals surface area contributed by atoms with Crippen molar-refractivity contribution in [3.63, 3.8) is 0 Å². The molecule has 1 aromatic carbocycles. The molecule has 2 bridgehead atoms. The minimum Gasteiger partial charge on any atom is -0.455 e. The fourth-order valence-corrected chi connectivity index (χ4v) is 6.05. The average molecular weight is 541 g/mol. The number of terminal acetylenes is 1. The number of carbonyl (C=O) groups is 1. The van der Waals surface area contributed by atoms with Crippen molar-refractivity contribution in [1.29, 1.82) is 0 Å². The summed E-state index contributed by atoms with van der Waals surface area (Å²) in [5.41, 5.74) is 0.133. The first-order valence-corrected chi connectivity index (χ1v) is 13.1. The van der Waals surface area contributed by atoms with E-state index in [9.17, 15) is 18.0 Å². The molecule has 3 fully saturated rings. The third-order valence-electron chi connectivity index (χ3n) is 8.10. The molecule has 1 aliphatic heterocycles. The molecule has 10 heteroatoms. The molecule has 2 heterocycles. The second-order valence-corrected chi connectivity index (χ2v) is 10.6. The van der Waals surface area contributed by atoms with Crippen LogP contribution < -0.4 is 10.6 Å². The summed E-state index contributed by atoms with van der Waals surface area (Å²) in [6.07, 6.45) is 9.35.